The van der Waals surface area contributed by atoms with E-state index in [-0.39, 0.29) is 28.2 Å². The number of hydrogen-bond acceptors (Lipinski definition) is 4. The zero-order valence-electron chi connectivity index (χ0n) is 13.7. The number of carbonyl (C=O) groups is 2. The summed E-state index contributed by atoms with van der Waals surface area (Å²) < 4.78 is 41.2. The molecule has 7 nitrogen and oxygen atoms in total. The highest BCUT2D eigenvalue weighted by Gasteiger charge is 2.30. The van der Waals surface area contributed by atoms with Gasteiger partial charge in [0.2, 0.25) is 5.91 Å². The quantitative estimate of drug-likeness (QED) is 0.673. The molecule has 1 saturated carbocycles. The van der Waals surface area contributed by atoms with Gasteiger partial charge in [0, 0.05) is 10.9 Å². The van der Waals surface area contributed by atoms with Gasteiger partial charge in [0.1, 0.15) is 10.7 Å². The van der Waals surface area contributed by atoms with Gasteiger partial charge in [-0.15, -0.1) is 0 Å². The van der Waals surface area contributed by atoms with Crippen LogP contribution in [0.5, 0.6) is 0 Å². The maximum Gasteiger partial charge on any atom is 0.337 e. The lowest BCUT2D eigenvalue weighted by Gasteiger charge is -2.12. The Balaban J connectivity index is 1.90. The number of nitrogens with one attached hydrogen (secondary N) is 2. The Labute approximate surface area is 159 Å². The number of carbonyl (C=O) groups excluding carboxylic acids is 1. The standard InChI is InChI=1S/C17H14ClFN2O5S/c18-10-3-6-15(12(7-10)17(23)24)27(25,26)21-11-4-5-13(19)14(8-11)20-16(22)9-1-2-9/h3-9,21H,1-2H2,(H,20,22)(H,23,24). The molecule has 0 atom stereocenters. The van der Waals surface area contributed by atoms with Gasteiger partial charge < -0.3 is 10.4 Å². The van der Waals surface area contributed by atoms with E-state index >= 15 is 0 Å². The van der Waals surface area contributed by atoms with Crippen molar-refractivity contribution in [1.29, 1.82) is 0 Å². The molecule has 142 valence electrons. The number of sulfonamides is 1. The van der Waals surface area contributed by atoms with Crippen LogP contribution in [0.4, 0.5) is 15.8 Å². The van der Waals surface area contributed by atoms with Crippen LogP contribution in [-0.2, 0) is 14.8 Å². The molecule has 1 amide bonds. The monoisotopic (exact) mass is 412 g/mol. The van der Waals surface area contributed by atoms with Crippen molar-refractivity contribution < 1.29 is 27.5 Å². The van der Waals surface area contributed by atoms with Gasteiger partial charge in [-0.05, 0) is 49.2 Å². The van der Waals surface area contributed by atoms with Crippen LogP contribution in [0.25, 0.3) is 0 Å². The summed E-state index contributed by atoms with van der Waals surface area (Å²) in [6, 6.07) is 6.62. The summed E-state index contributed by atoms with van der Waals surface area (Å²) in [6.45, 7) is 0. The van der Waals surface area contributed by atoms with Gasteiger partial charge in [0.25, 0.3) is 10.0 Å². The van der Waals surface area contributed by atoms with E-state index in [2.05, 4.69) is 10.0 Å². The maximum absolute atomic E-state index is 13.9. The fourth-order valence-corrected chi connectivity index (χ4v) is 3.78. The molecule has 1 aliphatic carbocycles. The first-order chi connectivity index (χ1) is 12.7. The molecule has 1 aliphatic rings. The highest BCUT2D eigenvalue weighted by molar-refractivity contribution is 7.92. The number of anilines is 2. The Morgan fingerprint density at radius 2 is 1.85 bits per heavy atom. The zero-order chi connectivity index (χ0) is 19.8. The van der Waals surface area contributed by atoms with E-state index in [1.54, 1.807) is 0 Å². The third-order valence-electron chi connectivity index (χ3n) is 3.89. The molecule has 3 N–H and O–H groups in total. The number of benzene rings is 2. The molecule has 10 heteroatoms. The fourth-order valence-electron chi connectivity index (χ4n) is 2.38. The molecule has 0 aliphatic heterocycles. The van der Waals surface area contributed by atoms with E-state index in [9.17, 15) is 27.5 Å². The number of carboxylic acid groups (broad SMARTS) is 1. The third-order valence-corrected chi connectivity index (χ3v) is 5.56. The summed E-state index contributed by atoms with van der Waals surface area (Å²) >= 11 is 5.73. The van der Waals surface area contributed by atoms with Crippen molar-refractivity contribution in [2.45, 2.75) is 17.7 Å². The van der Waals surface area contributed by atoms with Crippen molar-refractivity contribution in [2.75, 3.05) is 10.0 Å². The molecule has 0 unspecified atom stereocenters. The van der Waals surface area contributed by atoms with E-state index in [4.69, 9.17) is 11.6 Å². The normalized spacial score (nSPS) is 13.9. The molecular weight excluding hydrogens is 399 g/mol. The predicted octanol–water partition coefficient (Wildman–Crippen LogP) is 3.33. The van der Waals surface area contributed by atoms with Crippen molar-refractivity contribution in [3.05, 3.63) is 52.8 Å². The highest BCUT2D eigenvalue weighted by atomic mass is 35.5. The minimum absolute atomic E-state index is 0.0335. The second-order valence-electron chi connectivity index (χ2n) is 6.01. The Bertz CT molecular complexity index is 1040. The van der Waals surface area contributed by atoms with Crippen LogP contribution in [0.3, 0.4) is 0 Å². The van der Waals surface area contributed by atoms with E-state index in [1.165, 1.54) is 6.07 Å². The van der Waals surface area contributed by atoms with E-state index in [0.717, 1.165) is 43.2 Å². The van der Waals surface area contributed by atoms with Gasteiger partial charge in [0.05, 0.1) is 16.9 Å². The predicted molar refractivity (Wildman–Crippen MR) is 97.0 cm³/mol. The van der Waals surface area contributed by atoms with Crippen LogP contribution in [0.2, 0.25) is 5.02 Å². The molecule has 0 aromatic heterocycles. The molecule has 27 heavy (non-hydrogen) atoms. The second-order valence-corrected chi connectivity index (χ2v) is 8.10. The van der Waals surface area contributed by atoms with Crippen LogP contribution in [0.15, 0.2) is 41.3 Å². The number of halogens is 2. The molecule has 3 rings (SSSR count). The molecule has 1 fully saturated rings. The average Bonchev–Trinajstić information content (AvgIpc) is 3.42. The first kappa shape index (κ1) is 19.1. The smallest absolute Gasteiger partial charge is 0.337 e. The van der Waals surface area contributed by atoms with Gasteiger partial charge in [-0.2, -0.15) is 0 Å². The van der Waals surface area contributed by atoms with Crippen molar-refractivity contribution in [3.63, 3.8) is 0 Å². The molecule has 0 spiro atoms. The lowest BCUT2D eigenvalue weighted by Crippen LogP contribution is -2.18. The van der Waals surface area contributed by atoms with Crippen LogP contribution in [0.1, 0.15) is 23.2 Å². The van der Waals surface area contributed by atoms with E-state index in [1.807, 2.05) is 0 Å². The Kier molecular flexibility index (Phi) is 5.07. The van der Waals surface area contributed by atoms with Crippen molar-refractivity contribution in [3.8, 4) is 0 Å². The van der Waals surface area contributed by atoms with Gasteiger partial charge in [-0.1, -0.05) is 11.6 Å². The van der Waals surface area contributed by atoms with Gasteiger partial charge in [0.15, 0.2) is 0 Å². The average molecular weight is 413 g/mol. The summed E-state index contributed by atoms with van der Waals surface area (Å²) in [5, 5.41) is 11.7. The SMILES string of the molecule is O=C(O)c1cc(Cl)ccc1S(=O)(=O)Nc1ccc(F)c(NC(=O)C2CC2)c1. The van der Waals surface area contributed by atoms with E-state index < -0.39 is 32.3 Å². The topological polar surface area (TPSA) is 113 Å². The summed E-state index contributed by atoms with van der Waals surface area (Å²) in [5.41, 5.74) is -0.699. The van der Waals surface area contributed by atoms with Crippen molar-refractivity contribution in [1.82, 2.24) is 0 Å². The fraction of sp³-hybridized carbons (Fsp3) is 0.176. The Morgan fingerprint density at radius 1 is 1.15 bits per heavy atom. The Hall–Kier alpha value is -2.65. The molecular formula is C17H14ClFN2O5S. The van der Waals surface area contributed by atoms with Gasteiger partial charge >= 0.3 is 5.97 Å². The number of hydrogen-bond donors (Lipinski definition) is 3. The van der Waals surface area contributed by atoms with E-state index in [0.29, 0.717) is 0 Å². The largest absolute Gasteiger partial charge is 0.478 e. The lowest BCUT2D eigenvalue weighted by atomic mass is 10.2. The van der Waals surface area contributed by atoms with Crippen molar-refractivity contribution in [2.24, 2.45) is 5.92 Å². The minimum Gasteiger partial charge on any atom is -0.478 e. The molecule has 0 radical (unpaired) electrons. The molecule has 0 saturated heterocycles. The summed E-state index contributed by atoms with van der Waals surface area (Å²) in [6.07, 6.45) is 1.46. The minimum atomic E-state index is -4.29. The highest BCUT2D eigenvalue weighted by Crippen LogP contribution is 2.31. The van der Waals surface area contributed by atoms with Crippen LogP contribution in [-0.4, -0.2) is 25.4 Å². The first-order valence-electron chi connectivity index (χ1n) is 7.83. The van der Waals surface area contributed by atoms with Crippen LogP contribution < -0.4 is 10.0 Å². The molecule has 2 aromatic carbocycles. The van der Waals surface area contributed by atoms with Crippen LogP contribution >= 0.6 is 11.6 Å². The first-order valence-corrected chi connectivity index (χ1v) is 9.69. The summed E-state index contributed by atoms with van der Waals surface area (Å²) in [4.78, 5) is 22.6. The molecule has 2 aromatic rings. The zero-order valence-corrected chi connectivity index (χ0v) is 15.3. The summed E-state index contributed by atoms with van der Waals surface area (Å²) in [7, 11) is -4.29. The second kappa shape index (κ2) is 7.16. The molecule has 0 heterocycles. The lowest BCUT2D eigenvalue weighted by molar-refractivity contribution is -0.117. The summed E-state index contributed by atoms with van der Waals surface area (Å²) in [5.74, 6) is -2.67. The number of amides is 1. The van der Waals surface area contributed by atoms with Gasteiger partial charge in [-0.3, -0.25) is 9.52 Å². The van der Waals surface area contributed by atoms with Crippen molar-refractivity contribution >= 4 is 44.9 Å². The Morgan fingerprint density at radius 3 is 2.48 bits per heavy atom. The van der Waals surface area contributed by atoms with Crippen LogP contribution in [0, 0.1) is 11.7 Å². The number of rotatable bonds is 6. The third kappa shape index (κ3) is 4.37. The maximum atomic E-state index is 13.9. The number of aromatic carboxylic acids is 1. The number of carboxylic acids is 1. The molecule has 0 bridgehead atoms. The van der Waals surface area contributed by atoms with Gasteiger partial charge in [-0.25, -0.2) is 17.6 Å².